The molecule has 0 N–H and O–H groups in total. The van der Waals surface area contributed by atoms with Gasteiger partial charge in [-0.25, -0.2) is 19.3 Å². The molecule has 3 aromatic heterocycles. The first-order valence-electron chi connectivity index (χ1n) is 12.5. The van der Waals surface area contributed by atoms with Gasteiger partial charge in [0.1, 0.15) is 11.6 Å². The zero-order valence-corrected chi connectivity index (χ0v) is 22.3. The van der Waals surface area contributed by atoms with E-state index in [-0.39, 0.29) is 10.8 Å². The fourth-order valence-electron chi connectivity index (χ4n) is 4.07. The molecule has 5 rings (SSSR count). The molecule has 7 heteroatoms. The van der Waals surface area contributed by atoms with Gasteiger partial charge >= 0.3 is 0 Å². The first-order chi connectivity index (χ1) is 17.6. The molecule has 0 saturated carbocycles. The number of rotatable bonds is 5. The Labute approximate surface area is 218 Å². The van der Waals surface area contributed by atoms with Crippen molar-refractivity contribution in [2.24, 2.45) is 0 Å². The minimum absolute atomic E-state index is 0.142. The van der Waals surface area contributed by atoms with Gasteiger partial charge in [0.05, 0.1) is 17.1 Å². The maximum atomic E-state index is 5.13. The van der Waals surface area contributed by atoms with E-state index in [2.05, 4.69) is 99.1 Å². The number of nitrogens with zero attached hydrogens (tertiary/aromatic N) is 7. The Morgan fingerprint density at radius 3 is 1.59 bits per heavy atom. The summed E-state index contributed by atoms with van der Waals surface area (Å²) in [5.74, 6) is 1.63. The van der Waals surface area contributed by atoms with Crippen molar-refractivity contribution in [1.29, 1.82) is 0 Å². The molecular weight excluding hydrogens is 458 g/mol. The standard InChI is InChI=1S/C30H33N7/c1-29(2,3)26-21-27(34-28(33-26)30(4,5)6)37(24-13-7-11-22(19-24)35-17-9-15-31-35)25-14-8-12-23(20-25)36-18-10-16-32-36/h7-21H,1-6H3. The fraction of sp³-hybridized carbons (Fsp3) is 0.267. The molecule has 2 aromatic carbocycles. The second-order valence-corrected chi connectivity index (χ2v) is 11.2. The lowest BCUT2D eigenvalue weighted by Gasteiger charge is -2.29. The van der Waals surface area contributed by atoms with E-state index in [1.807, 2.05) is 46.0 Å². The molecule has 0 atom stereocenters. The zero-order valence-electron chi connectivity index (χ0n) is 22.3. The van der Waals surface area contributed by atoms with Crippen LogP contribution in [0.4, 0.5) is 17.2 Å². The van der Waals surface area contributed by atoms with Gasteiger partial charge in [-0.3, -0.25) is 4.90 Å². The van der Waals surface area contributed by atoms with Gasteiger partial charge in [0, 0.05) is 53.1 Å². The van der Waals surface area contributed by atoms with Crippen LogP contribution in [0.3, 0.4) is 0 Å². The van der Waals surface area contributed by atoms with Crippen molar-refractivity contribution in [3.8, 4) is 11.4 Å². The summed E-state index contributed by atoms with van der Waals surface area (Å²) in [4.78, 5) is 12.3. The van der Waals surface area contributed by atoms with Crippen molar-refractivity contribution in [1.82, 2.24) is 29.5 Å². The van der Waals surface area contributed by atoms with Crippen molar-refractivity contribution in [2.45, 2.75) is 52.4 Å². The second-order valence-electron chi connectivity index (χ2n) is 11.2. The SMILES string of the molecule is CC(C)(C)c1cc(N(c2cccc(-n3cccn3)c2)c2cccc(-n3cccn3)c2)nc(C(C)(C)C)n1. The summed E-state index contributed by atoms with van der Waals surface area (Å²) in [7, 11) is 0. The number of aromatic nitrogens is 6. The van der Waals surface area contributed by atoms with Crippen LogP contribution in [-0.4, -0.2) is 29.5 Å². The number of hydrogen-bond acceptors (Lipinski definition) is 5. The third-order valence-corrected chi connectivity index (χ3v) is 6.09. The first kappa shape index (κ1) is 24.4. The molecule has 5 aromatic rings. The normalized spacial score (nSPS) is 12.1. The predicted octanol–water partition coefficient (Wildman–Crippen LogP) is 6.91. The lowest BCUT2D eigenvalue weighted by atomic mass is 9.90. The minimum atomic E-state index is -0.213. The Kier molecular flexibility index (Phi) is 6.15. The molecule has 0 radical (unpaired) electrons. The topological polar surface area (TPSA) is 64.7 Å². The summed E-state index contributed by atoms with van der Waals surface area (Å²) in [6.07, 6.45) is 7.46. The summed E-state index contributed by atoms with van der Waals surface area (Å²) in [5, 5.41) is 8.87. The van der Waals surface area contributed by atoms with E-state index < -0.39 is 0 Å². The lowest BCUT2D eigenvalue weighted by Crippen LogP contribution is -2.24. The van der Waals surface area contributed by atoms with Gasteiger partial charge in [-0.1, -0.05) is 53.7 Å². The largest absolute Gasteiger partial charge is 0.295 e. The quantitative estimate of drug-likeness (QED) is 0.267. The van der Waals surface area contributed by atoms with Crippen LogP contribution in [0.1, 0.15) is 53.1 Å². The van der Waals surface area contributed by atoms with Crippen molar-refractivity contribution in [3.63, 3.8) is 0 Å². The molecule has 0 amide bonds. The van der Waals surface area contributed by atoms with Crippen molar-refractivity contribution in [3.05, 3.63) is 103 Å². The summed E-state index contributed by atoms with van der Waals surface area (Å²) in [5.41, 5.74) is 4.54. The van der Waals surface area contributed by atoms with Gasteiger partial charge in [-0.2, -0.15) is 10.2 Å². The smallest absolute Gasteiger partial charge is 0.141 e. The Hall–Kier alpha value is -4.26. The van der Waals surface area contributed by atoms with E-state index in [0.29, 0.717) is 0 Å². The summed E-state index contributed by atoms with van der Waals surface area (Å²) in [6.45, 7) is 13.0. The molecule has 188 valence electrons. The van der Waals surface area contributed by atoms with Crippen LogP contribution in [0.15, 0.2) is 91.5 Å². The van der Waals surface area contributed by atoms with Crippen LogP contribution in [0.25, 0.3) is 11.4 Å². The maximum absolute atomic E-state index is 5.13. The van der Waals surface area contributed by atoms with E-state index in [9.17, 15) is 0 Å². The van der Waals surface area contributed by atoms with Gasteiger partial charge < -0.3 is 0 Å². The summed E-state index contributed by atoms with van der Waals surface area (Å²) in [6, 6.07) is 22.6. The number of hydrogen-bond donors (Lipinski definition) is 0. The van der Waals surface area contributed by atoms with Gasteiger partial charge in [0.2, 0.25) is 0 Å². The minimum Gasteiger partial charge on any atom is -0.295 e. The molecular formula is C30H33N7. The van der Waals surface area contributed by atoms with Crippen molar-refractivity contribution >= 4 is 17.2 Å². The van der Waals surface area contributed by atoms with Crippen LogP contribution in [0.5, 0.6) is 0 Å². The van der Waals surface area contributed by atoms with Gasteiger partial charge in [-0.15, -0.1) is 0 Å². The fourth-order valence-corrected chi connectivity index (χ4v) is 4.07. The van der Waals surface area contributed by atoms with Crippen LogP contribution in [-0.2, 0) is 10.8 Å². The third kappa shape index (κ3) is 5.16. The highest BCUT2D eigenvalue weighted by atomic mass is 15.3. The third-order valence-electron chi connectivity index (χ3n) is 6.09. The molecule has 0 saturated heterocycles. The van der Waals surface area contributed by atoms with E-state index in [1.54, 1.807) is 12.4 Å². The predicted molar refractivity (Wildman–Crippen MR) is 148 cm³/mol. The Bertz CT molecular complexity index is 1380. The second kappa shape index (κ2) is 9.32. The van der Waals surface area contributed by atoms with Gasteiger partial charge in [-0.05, 0) is 48.5 Å². The van der Waals surface area contributed by atoms with E-state index in [4.69, 9.17) is 9.97 Å². The molecule has 0 unspecified atom stereocenters. The maximum Gasteiger partial charge on any atom is 0.141 e. The molecule has 0 bridgehead atoms. The molecule has 0 spiro atoms. The Morgan fingerprint density at radius 2 is 1.16 bits per heavy atom. The molecule has 0 aliphatic carbocycles. The van der Waals surface area contributed by atoms with E-state index >= 15 is 0 Å². The highest BCUT2D eigenvalue weighted by Gasteiger charge is 2.26. The van der Waals surface area contributed by atoms with Crippen LogP contribution < -0.4 is 4.90 Å². The van der Waals surface area contributed by atoms with Crippen LogP contribution in [0.2, 0.25) is 0 Å². The monoisotopic (exact) mass is 491 g/mol. The Balaban J connectivity index is 1.75. The van der Waals surface area contributed by atoms with Crippen LogP contribution in [0, 0.1) is 0 Å². The number of anilines is 3. The highest BCUT2D eigenvalue weighted by molar-refractivity contribution is 5.76. The average Bonchev–Trinajstić information content (AvgIpc) is 3.58. The van der Waals surface area contributed by atoms with Crippen molar-refractivity contribution < 1.29 is 0 Å². The summed E-state index contributed by atoms with van der Waals surface area (Å²) >= 11 is 0. The van der Waals surface area contributed by atoms with E-state index in [0.717, 1.165) is 40.1 Å². The molecule has 0 aliphatic rings. The summed E-state index contributed by atoms with van der Waals surface area (Å²) < 4.78 is 3.73. The van der Waals surface area contributed by atoms with E-state index in [1.165, 1.54) is 0 Å². The zero-order chi connectivity index (χ0) is 26.2. The molecule has 7 nitrogen and oxygen atoms in total. The Morgan fingerprint density at radius 1 is 0.622 bits per heavy atom. The lowest BCUT2D eigenvalue weighted by molar-refractivity contribution is 0.514. The average molecular weight is 492 g/mol. The van der Waals surface area contributed by atoms with Gasteiger partial charge in [0.15, 0.2) is 0 Å². The molecule has 0 fully saturated rings. The number of benzene rings is 2. The van der Waals surface area contributed by atoms with Crippen LogP contribution >= 0.6 is 0 Å². The molecule has 0 aliphatic heterocycles. The molecule has 3 heterocycles. The van der Waals surface area contributed by atoms with Gasteiger partial charge in [0.25, 0.3) is 0 Å². The van der Waals surface area contributed by atoms with Crippen molar-refractivity contribution in [2.75, 3.05) is 4.90 Å². The highest BCUT2D eigenvalue weighted by Crippen LogP contribution is 2.37. The first-order valence-corrected chi connectivity index (χ1v) is 12.5. The molecule has 37 heavy (non-hydrogen) atoms.